The molecule has 2 rings (SSSR count). The summed E-state index contributed by atoms with van der Waals surface area (Å²) in [5.74, 6) is -0.311. The lowest BCUT2D eigenvalue weighted by Crippen LogP contribution is -2.24. The predicted octanol–water partition coefficient (Wildman–Crippen LogP) is -0.288. The Labute approximate surface area is 91.1 Å². The zero-order valence-electron chi connectivity index (χ0n) is 8.34. The molecule has 0 unspecified atom stereocenters. The second-order valence-electron chi connectivity index (χ2n) is 3.08. The zero-order chi connectivity index (χ0) is 11.4. The van der Waals surface area contributed by atoms with Crippen molar-refractivity contribution in [2.75, 3.05) is 5.73 Å². The van der Waals surface area contributed by atoms with Crippen LogP contribution in [-0.2, 0) is 6.54 Å². The average molecular weight is 218 g/mol. The molecule has 16 heavy (non-hydrogen) atoms. The molecule has 0 saturated heterocycles. The molecule has 0 atom stereocenters. The van der Waals surface area contributed by atoms with E-state index >= 15 is 0 Å². The standard InChI is InChI=1S/C9H10N6O/c10-7-4-14-15-8(7)9(16)12-3-6-1-2-11-5-13-6/h1-2,4-5H,3,10H2,(H,12,16)(H,14,15). The number of amides is 1. The van der Waals surface area contributed by atoms with E-state index in [1.807, 2.05) is 0 Å². The van der Waals surface area contributed by atoms with Crippen LogP contribution in [0.15, 0.2) is 24.8 Å². The lowest BCUT2D eigenvalue weighted by molar-refractivity contribution is 0.0946. The first-order chi connectivity index (χ1) is 7.77. The molecule has 1 amide bonds. The van der Waals surface area contributed by atoms with Gasteiger partial charge < -0.3 is 11.1 Å². The molecule has 7 heteroatoms. The molecule has 4 N–H and O–H groups in total. The maximum atomic E-state index is 11.6. The van der Waals surface area contributed by atoms with E-state index in [1.54, 1.807) is 12.3 Å². The summed E-state index contributed by atoms with van der Waals surface area (Å²) < 4.78 is 0. The van der Waals surface area contributed by atoms with Crippen LogP contribution in [0.2, 0.25) is 0 Å². The first kappa shape index (κ1) is 10.1. The molecule has 2 aromatic heterocycles. The molecule has 0 aromatic carbocycles. The number of anilines is 1. The Morgan fingerprint density at radius 3 is 3.06 bits per heavy atom. The van der Waals surface area contributed by atoms with E-state index in [4.69, 9.17) is 5.73 Å². The summed E-state index contributed by atoms with van der Waals surface area (Å²) in [5.41, 5.74) is 6.83. The Morgan fingerprint density at radius 1 is 1.56 bits per heavy atom. The van der Waals surface area contributed by atoms with E-state index in [1.165, 1.54) is 12.5 Å². The minimum atomic E-state index is -0.311. The fraction of sp³-hybridized carbons (Fsp3) is 0.111. The second-order valence-corrected chi connectivity index (χ2v) is 3.08. The van der Waals surface area contributed by atoms with Gasteiger partial charge in [-0.1, -0.05) is 0 Å². The fourth-order valence-electron chi connectivity index (χ4n) is 1.16. The van der Waals surface area contributed by atoms with Gasteiger partial charge in [-0.15, -0.1) is 0 Å². The number of nitrogens with two attached hydrogens (primary N) is 1. The summed E-state index contributed by atoms with van der Waals surface area (Å²) in [6, 6.07) is 1.72. The first-order valence-electron chi connectivity index (χ1n) is 4.59. The number of aromatic nitrogens is 4. The van der Waals surface area contributed by atoms with Crippen LogP contribution >= 0.6 is 0 Å². The molecule has 0 radical (unpaired) electrons. The number of carbonyl (C=O) groups excluding carboxylic acids is 1. The SMILES string of the molecule is Nc1cn[nH]c1C(=O)NCc1ccncn1. The van der Waals surface area contributed by atoms with Crippen molar-refractivity contribution in [2.24, 2.45) is 0 Å². The van der Waals surface area contributed by atoms with Crippen molar-refractivity contribution < 1.29 is 4.79 Å². The molecule has 0 spiro atoms. The summed E-state index contributed by atoms with van der Waals surface area (Å²) in [6.07, 6.45) is 4.42. The van der Waals surface area contributed by atoms with E-state index in [-0.39, 0.29) is 11.6 Å². The minimum absolute atomic E-state index is 0.258. The van der Waals surface area contributed by atoms with Crippen LogP contribution in [0, 0.1) is 0 Å². The largest absolute Gasteiger partial charge is 0.396 e. The highest BCUT2D eigenvalue weighted by molar-refractivity contribution is 5.96. The van der Waals surface area contributed by atoms with Gasteiger partial charge in [-0.25, -0.2) is 9.97 Å². The molecule has 0 aliphatic rings. The van der Waals surface area contributed by atoms with Crippen LogP contribution in [-0.4, -0.2) is 26.1 Å². The number of rotatable bonds is 3. The highest BCUT2D eigenvalue weighted by Gasteiger charge is 2.10. The van der Waals surface area contributed by atoms with Crippen LogP contribution in [0.1, 0.15) is 16.2 Å². The maximum Gasteiger partial charge on any atom is 0.271 e. The van der Waals surface area contributed by atoms with Gasteiger partial charge in [-0.2, -0.15) is 5.10 Å². The molecule has 82 valence electrons. The van der Waals surface area contributed by atoms with Gasteiger partial charge >= 0.3 is 0 Å². The molecular formula is C9H10N6O. The summed E-state index contributed by atoms with van der Waals surface area (Å²) in [5, 5.41) is 8.84. The van der Waals surface area contributed by atoms with E-state index in [0.717, 1.165) is 5.69 Å². The van der Waals surface area contributed by atoms with Crippen LogP contribution in [0.3, 0.4) is 0 Å². The third kappa shape index (κ3) is 2.14. The molecule has 2 heterocycles. The van der Waals surface area contributed by atoms with Gasteiger partial charge in [0.1, 0.15) is 12.0 Å². The smallest absolute Gasteiger partial charge is 0.271 e. The van der Waals surface area contributed by atoms with E-state index in [2.05, 4.69) is 25.5 Å². The highest BCUT2D eigenvalue weighted by atomic mass is 16.1. The number of hydrogen-bond donors (Lipinski definition) is 3. The van der Waals surface area contributed by atoms with Crippen molar-refractivity contribution in [3.63, 3.8) is 0 Å². The highest BCUT2D eigenvalue weighted by Crippen LogP contribution is 2.05. The molecule has 0 aliphatic heterocycles. The van der Waals surface area contributed by atoms with E-state index < -0.39 is 0 Å². The molecule has 7 nitrogen and oxygen atoms in total. The second kappa shape index (κ2) is 4.39. The van der Waals surface area contributed by atoms with Gasteiger partial charge in [0.05, 0.1) is 24.1 Å². The fourth-order valence-corrected chi connectivity index (χ4v) is 1.16. The number of nitrogen functional groups attached to an aromatic ring is 1. The maximum absolute atomic E-state index is 11.6. The lowest BCUT2D eigenvalue weighted by atomic mass is 10.3. The third-order valence-electron chi connectivity index (χ3n) is 1.97. The van der Waals surface area contributed by atoms with Gasteiger partial charge in [0, 0.05) is 6.20 Å². The molecule has 0 aliphatic carbocycles. The van der Waals surface area contributed by atoms with Crippen molar-refractivity contribution >= 4 is 11.6 Å². The Morgan fingerprint density at radius 2 is 2.44 bits per heavy atom. The van der Waals surface area contributed by atoms with Crippen molar-refractivity contribution in [2.45, 2.75) is 6.54 Å². The average Bonchev–Trinajstić information content (AvgIpc) is 2.74. The van der Waals surface area contributed by atoms with Gasteiger partial charge in [-0.05, 0) is 6.07 Å². The van der Waals surface area contributed by atoms with Crippen LogP contribution in [0.25, 0.3) is 0 Å². The molecule has 0 saturated carbocycles. The van der Waals surface area contributed by atoms with Crippen molar-refractivity contribution in [1.29, 1.82) is 0 Å². The first-order valence-corrected chi connectivity index (χ1v) is 4.59. The summed E-state index contributed by atoms with van der Waals surface area (Å²) in [6.45, 7) is 0.319. The number of nitrogens with zero attached hydrogens (tertiary/aromatic N) is 3. The topological polar surface area (TPSA) is 110 Å². The number of nitrogens with one attached hydrogen (secondary N) is 2. The number of H-pyrrole nitrogens is 1. The molecule has 2 aromatic rings. The Bertz CT molecular complexity index is 480. The minimum Gasteiger partial charge on any atom is -0.396 e. The number of hydrogen-bond acceptors (Lipinski definition) is 5. The third-order valence-corrected chi connectivity index (χ3v) is 1.97. The van der Waals surface area contributed by atoms with E-state index in [0.29, 0.717) is 12.2 Å². The van der Waals surface area contributed by atoms with Crippen LogP contribution < -0.4 is 11.1 Å². The van der Waals surface area contributed by atoms with Crippen molar-refractivity contribution in [1.82, 2.24) is 25.5 Å². The monoisotopic (exact) mass is 218 g/mol. The Balaban J connectivity index is 1.97. The molecule has 0 fully saturated rings. The molecular weight excluding hydrogens is 208 g/mol. The lowest BCUT2D eigenvalue weighted by Gasteiger charge is -2.02. The Hall–Kier alpha value is -2.44. The molecule has 0 bridgehead atoms. The number of carbonyl (C=O) groups is 1. The number of aromatic amines is 1. The van der Waals surface area contributed by atoms with Crippen LogP contribution in [0.4, 0.5) is 5.69 Å². The van der Waals surface area contributed by atoms with Gasteiger partial charge in [0.25, 0.3) is 5.91 Å². The zero-order valence-corrected chi connectivity index (χ0v) is 8.34. The summed E-state index contributed by atoms with van der Waals surface area (Å²) >= 11 is 0. The predicted molar refractivity (Wildman–Crippen MR) is 56.2 cm³/mol. The van der Waals surface area contributed by atoms with Crippen molar-refractivity contribution in [3.8, 4) is 0 Å². The van der Waals surface area contributed by atoms with Crippen molar-refractivity contribution in [3.05, 3.63) is 36.2 Å². The van der Waals surface area contributed by atoms with Crippen LogP contribution in [0.5, 0.6) is 0 Å². The quantitative estimate of drug-likeness (QED) is 0.655. The summed E-state index contributed by atoms with van der Waals surface area (Å²) in [4.78, 5) is 19.3. The van der Waals surface area contributed by atoms with Gasteiger partial charge in [-0.3, -0.25) is 9.89 Å². The van der Waals surface area contributed by atoms with Gasteiger partial charge in [0.15, 0.2) is 0 Å². The van der Waals surface area contributed by atoms with Gasteiger partial charge in [0.2, 0.25) is 0 Å². The van der Waals surface area contributed by atoms with E-state index in [9.17, 15) is 4.79 Å². The Kier molecular flexibility index (Phi) is 2.77. The summed E-state index contributed by atoms with van der Waals surface area (Å²) in [7, 11) is 0. The normalized spacial score (nSPS) is 10.0.